The van der Waals surface area contributed by atoms with Crippen LogP contribution in [0.2, 0.25) is 0 Å². The maximum Gasteiger partial charge on any atom is 0.243 e. The third kappa shape index (κ3) is 2.83. The monoisotopic (exact) mass is 282 g/mol. The molecule has 2 unspecified atom stereocenters. The number of rotatable bonds is 3. The van der Waals surface area contributed by atoms with E-state index in [0.717, 1.165) is 18.4 Å². The van der Waals surface area contributed by atoms with Crippen molar-refractivity contribution < 1.29 is 8.42 Å². The van der Waals surface area contributed by atoms with Gasteiger partial charge in [0.1, 0.15) is 0 Å². The van der Waals surface area contributed by atoms with Crippen LogP contribution in [0.1, 0.15) is 32.3 Å². The van der Waals surface area contributed by atoms with Crippen LogP contribution in [0.5, 0.6) is 0 Å². The zero-order valence-corrected chi connectivity index (χ0v) is 12.4. The molecule has 1 aromatic carbocycles. The van der Waals surface area contributed by atoms with Crippen LogP contribution in [0.4, 0.5) is 0 Å². The fourth-order valence-corrected chi connectivity index (χ4v) is 4.44. The van der Waals surface area contributed by atoms with Crippen molar-refractivity contribution in [1.29, 1.82) is 0 Å². The molecule has 0 aliphatic carbocycles. The Balaban J connectivity index is 2.35. The SMILES string of the molecule is CC1CCCN(S(=O)(=O)c2cccc(CN)c2)C1C. The Kier molecular flexibility index (Phi) is 4.28. The van der Waals surface area contributed by atoms with Crippen LogP contribution in [0.15, 0.2) is 29.2 Å². The van der Waals surface area contributed by atoms with E-state index in [-0.39, 0.29) is 6.04 Å². The van der Waals surface area contributed by atoms with Gasteiger partial charge < -0.3 is 5.73 Å². The fourth-order valence-electron chi connectivity index (χ4n) is 2.61. The maximum absolute atomic E-state index is 12.7. The van der Waals surface area contributed by atoms with E-state index < -0.39 is 10.0 Å². The fraction of sp³-hybridized carbons (Fsp3) is 0.571. The van der Waals surface area contributed by atoms with Crippen LogP contribution in [0.3, 0.4) is 0 Å². The van der Waals surface area contributed by atoms with Crippen LogP contribution < -0.4 is 5.73 Å². The molecule has 1 saturated heterocycles. The van der Waals surface area contributed by atoms with Crippen molar-refractivity contribution in [3.05, 3.63) is 29.8 Å². The molecule has 2 atom stereocenters. The van der Waals surface area contributed by atoms with E-state index in [1.807, 2.05) is 13.0 Å². The van der Waals surface area contributed by atoms with Gasteiger partial charge in [-0.1, -0.05) is 19.1 Å². The molecule has 0 spiro atoms. The second kappa shape index (κ2) is 5.61. The second-order valence-corrected chi connectivity index (χ2v) is 7.22. The molecular weight excluding hydrogens is 260 g/mol. The average molecular weight is 282 g/mol. The minimum atomic E-state index is -3.40. The van der Waals surface area contributed by atoms with Crippen LogP contribution >= 0.6 is 0 Å². The molecular formula is C14H22N2O2S. The number of piperidine rings is 1. The van der Waals surface area contributed by atoms with Gasteiger partial charge in [0.2, 0.25) is 10.0 Å². The van der Waals surface area contributed by atoms with Crippen LogP contribution in [0, 0.1) is 5.92 Å². The Morgan fingerprint density at radius 1 is 1.37 bits per heavy atom. The normalized spacial score (nSPS) is 25.4. The molecule has 106 valence electrons. The van der Waals surface area contributed by atoms with Gasteiger partial charge in [-0.3, -0.25) is 0 Å². The number of nitrogens with two attached hydrogens (primary N) is 1. The van der Waals surface area contributed by atoms with E-state index in [0.29, 0.717) is 23.9 Å². The highest BCUT2D eigenvalue weighted by Crippen LogP contribution is 2.28. The summed E-state index contributed by atoms with van der Waals surface area (Å²) in [4.78, 5) is 0.358. The van der Waals surface area contributed by atoms with E-state index in [9.17, 15) is 8.42 Å². The van der Waals surface area contributed by atoms with Crippen molar-refractivity contribution in [3.8, 4) is 0 Å². The number of nitrogens with zero attached hydrogens (tertiary/aromatic N) is 1. The van der Waals surface area contributed by atoms with Gasteiger partial charge in [-0.25, -0.2) is 8.42 Å². The Labute approximate surface area is 115 Å². The molecule has 1 heterocycles. The van der Waals surface area contributed by atoms with Gasteiger partial charge in [-0.05, 0) is 43.4 Å². The Hall–Kier alpha value is -0.910. The summed E-state index contributed by atoms with van der Waals surface area (Å²) in [5.74, 6) is 0.404. The van der Waals surface area contributed by atoms with E-state index in [4.69, 9.17) is 5.73 Å². The molecule has 0 aromatic heterocycles. The van der Waals surface area contributed by atoms with Gasteiger partial charge in [-0.15, -0.1) is 0 Å². The maximum atomic E-state index is 12.7. The molecule has 1 aliphatic rings. The van der Waals surface area contributed by atoms with Crippen molar-refractivity contribution >= 4 is 10.0 Å². The third-order valence-electron chi connectivity index (χ3n) is 4.06. The summed E-state index contributed by atoms with van der Waals surface area (Å²) >= 11 is 0. The van der Waals surface area contributed by atoms with E-state index >= 15 is 0 Å². The van der Waals surface area contributed by atoms with Crippen molar-refractivity contribution in [2.75, 3.05) is 6.54 Å². The molecule has 19 heavy (non-hydrogen) atoms. The number of hydrogen-bond donors (Lipinski definition) is 1. The standard InChI is InChI=1S/C14H22N2O2S/c1-11-5-4-8-16(12(11)2)19(17,18)14-7-3-6-13(9-14)10-15/h3,6-7,9,11-12H,4-5,8,10,15H2,1-2H3. The average Bonchev–Trinajstić information content (AvgIpc) is 2.41. The summed E-state index contributed by atoms with van der Waals surface area (Å²) in [5, 5.41) is 0. The van der Waals surface area contributed by atoms with E-state index in [1.165, 1.54) is 0 Å². The van der Waals surface area contributed by atoms with Crippen LogP contribution in [-0.4, -0.2) is 25.3 Å². The third-order valence-corrected chi connectivity index (χ3v) is 6.04. The number of hydrogen-bond acceptors (Lipinski definition) is 3. The first-order valence-electron chi connectivity index (χ1n) is 6.77. The highest BCUT2D eigenvalue weighted by Gasteiger charge is 2.34. The van der Waals surface area contributed by atoms with E-state index in [1.54, 1.807) is 22.5 Å². The molecule has 0 radical (unpaired) electrons. The van der Waals surface area contributed by atoms with Gasteiger partial charge >= 0.3 is 0 Å². The Bertz CT molecular complexity index is 542. The molecule has 4 nitrogen and oxygen atoms in total. The summed E-state index contributed by atoms with van der Waals surface area (Å²) in [5.41, 5.74) is 6.43. The molecule has 0 amide bonds. The van der Waals surface area contributed by atoms with Gasteiger partial charge in [0.05, 0.1) is 4.90 Å². The first-order valence-corrected chi connectivity index (χ1v) is 8.21. The Morgan fingerprint density at radius 2 is 2.11 bits per heavy atom. The molecule has 1 fully saturated rings. The summed E-state index contributed by atoms with van der Waals surface area (Å²) in [6.07, 6.45) is 2.03. The highest BCUT2D eigenvalue weighted by atomic mass is 32.2. The Morgan fingerprint density at radius 3 is 2.79 bits per heavy atom. The van der Waals surface area contributed by atoms with Crippen LogP contribution in [0.25, 0.3) is 0 Å². The lowest BCUT2D eigenvalue weighted by Gasteiger charge is -2.36. The van der Waals surface area contributed by atoms with Gasteiger partial charge in [0.25, 0.3) is 0 Å². The lowest BCUT2D eigenvalue weighted by atomic mass is 9.94. The minimum absolute atomic E-state index is 0.0558. The summed E-state index contributed by atoms with van der Waals surface area (Å²) in [6.45, 7) is 5.08. The molecule has 5 heteroatoms. The summed E-state index contributed by atoms with van der Waals surface area (Å²) in [7, 11) is -3.40. The number of benzene rings is 1. The lowest BCUT2D eigenvalue weighted by Crippen LogP contribution is -2.45. The van der Waals surface area contributed by atoms with Gasteiger partial charge in [0.15, 0.2) is 0 Å². The largest absolute Gasteiger partial charge is 0.326 e. The smallest absolute Gasteiger partial charge is 0.243 e. The first-order chi connectivity index (χ1) is 8.96. The predicted octanol–water partition coefficient (Wildman–Crippen LogP) is 1.95. The highest BCUT2D eigenvalue weighted by molar-refractivity contribution is 7.89. The number of sulfonamides is 1. The second-order valence-electron chi connectivity index (χ2n) is 5.33. The summed E-state index contributed by atoms with van der Waals surface area (Å²) < 4.78 is 27.0. The van der Waals surface area contributed by atoms with Crippen molar-refractivity contribution in [1.82, 2.24) is 4.31 Å². The van der Waals surface area contributed by atoms with Crippen molar-refractivity contribution in [2.45, 2.75) is 44.2 Å². The molecule has 1 aromatic rings. The lowest BCUT2D eigenvalue weighted by molar-refractivity contribution is 0.202. The molecule has 2 rings (SSSR count). The predicted molar refractivity (Wildman–Crippen MR) is 76.1 cm³/mol. The van der Waals surface area contributed by atoms with Gasteiger partial charge in [-0.2, -0.15) is 4.31 Å². The quantitative estimate of drug-likeness (QED) is 0.921. The van der Waals surface area contributed by atoms with Crippen molar-refractivity contribution in [3.63, 3.8) is 0 Å². The van der Waals surface area contributed by atoms with Gasteiger partial charge in [0, 0.05) is 19.1 Å². The zero-order valence-electron chi connectivity index (χ0n) is 11.5. The molecule has 0 bridgehead atoms. The van der Waals surface area contributed by atoms with Crippen molar-refractivity contribution in [2.24, 2.45) is 11.7 Å². The topological polar surface area (TPSA) is 63.4 Å². The van der Waals surface area contributed by atoms with E-state index in [2.05, 4.69) is 6.92 Å². The molecule has 1 aliphatic heterocycles. The minimum Gasteiger partial charge on any atom is -0.326 e. The molecule has 0 saturated carbocycles. The summed E-state index contributed by atoms with van der Waals surface area (Å²) in [6, 6.07) is 7.00. The zero-order chi connectivity index (χ0) is 14.0. The first kappa shape index (κ1) is 14.5. The molecule has 2 N–H and O–H groups in total. The van der Waals surface area contributed by atoms with Crippen LogP contribution in [-0.2, 0) is 16.6 Å².